The largest absolute Gasteiger partial charge is 0.504 e. The van der Waals surface area contributed by atoms with E-state index < -0.39 is 0 Å². The van der Waals surface area contributed by atoms with Crippen molar-refractivity contribution in [2.24, 2.45) is 0 Å². The first kappa shape index (κ1) is 8.41. The Morgan fingerprint density at radius 2 is 1.73 bits per heavy atom. The van der Waals surface area contributed by atoms with Crippen LogP contribution in [-0.4, -0.2) is 5.11 Å². The summed E-state index contributed by atoms with van der Waals surface area (Å²) in [7, 11) is 0. The topological polar surface area (TPSA) is 46.5 Å². The monoisotopic (exact) mass is 202 g/mol. The lowest BCUT2D eigenvalue weighted by atomic mass is 10.2. The zero-order valence-corrected chi connectivity index (χ0v) is 8.50. The predicted octanol–water partition coefficient (Wildman–Crippen LogP) is 3.50. The third-order valence-corrected chi connectivity index (χ3v) is 2.52. The maximum absolute atomic E-state index is 9.98. The molecule has 0 saturated heterocycles. The first-order valence-corrected chi connectivity index (χ1v) is 4.77. The van der Waals surface area contributed by atoms with Crippen LogP contribution in [0.2, 0.25) is 0 Å². The van der Waals surface area contributed by atoms with Gasteiger partial charge in [-0.2, -0.15) is 0 Å². The summed E-state index contributed by atoms with van der Waals surface area (Å²) in [6.07, 6.45) is 0. The van der Waals surface area contributed by atoms with Crippen molar-refractivity contribution in [3.05, 3.63) is 29.7 Å². The Labute approximate surface area is 85.9 Å². The van der Waals surface area contributed by atoms with Crippen LogP contribution in [0, 0.1) is 13.8 Å². The number of phenols is 1. The molecule has 3 aromatic rings. The fourth-order valence-electron chi connectivity index (χ4n) is 1.91. The van der Waals surface area contributed by atoms with Gasteiger partial charge in [-0.05, 0) is 32.0 Å². The van der Waals surface area contributed by atoms with Crippen molar-refractivity contribution in [1.82, 2.24) is 0 Å². The van der Waals surface area contributed by atoms with Gasteiger partial charge in [0.05, 0.1) is 5.39 Å². The van der Waals surface area contributed by atoms with E-state index >= 15 is 0 Å². The maximum atomic E-state index is 9.98. The molecule has 0 aliphatic rings. The van der Waals surface area contributed by atoms with E-state index in [0.717, 1.165) is 16.9 Å². The van der Waals surface area contributed by atoms with Gasteiger partial charge in [-0.15, -0.1) is 0 Å². The molecule has 0 aliphatic carbocycles. The zero-order valence-electron chi connectivity index (χ0n) is 8.50. The molecule has 1 aromatic carbocycles. The summed E-state index contributed by atoms with van der Waals surface area (Å²) < 4.78 is 10.9. The third kappa shape index (κ3) is 1.06. The summed E-state index contributed by atoms with van der Waals surface area (Å²) in [6, 6.07) is 5.57. The molecule has 2 heterocycles. The van der Waals surface area contributed by atoms with Crippen molar-refractivity contribution >= 4 is 21.9 Å². The number of aryl methyl sites for hydroxylation is 2. The summed E-state index contributed by atoms with van der Waals surface area (Å²) in [5.41, 5.74) is 1.22. The van der Waals surface area contributed by atoms with Crippen molar-refractivity contribution in [3.63, 3.8) is 0 Å². The molecule has 0 amide bonds. The number of hydrogen-bond acceptors (Lipinski definition) is 3. The van der Waals surface area contributed by atoms with Crippen LogP contribution < -0.4 is 0 Å². The quantitative estimate of drug-likeness (QED) is 0.606. The Balaban J connectivity index is 2.56. The van der Waals surface area contributed by atoms with Gasteiger partial charge in [0.25, 0.3) is 0 Å². The van der Waals surface area contributed by atoms with Gasteiger partial charge in [0, 0.05) is 5.39 Å². The number of hydrogen-bond donors (Lipinski definition) is 1. The second-order valence-corrected chi connectivity index (χ2v) is 3.77. The second kappa shape index (κ2) is 2.57. The molecule has 1 N–H and O–H groups in total. The molecular weight excluding hydrogens is 192 g/mol. The van der Waals surface area contributed by atoms with Crippen molar-refractivity contribution in [1.29, 1.82) is 0 Å². The van der Waals surface area contributed by atoms with Crippen LogP contribution in [0.1, 0.15) is 11.5 Å². The first-order chi connectivity index (χ1) is 7.15. The lowest BCUT2D eigenvalue weighted by Gasteiger charge is -1.94. The Morgan fingerprint density at radius 3 is 2.53 bits per heavy atom. The molecule has 0 unspecified atom stereocenters. The van der Waals surface area contributed by atoms with E-state index in [1.54, 1.807) is 0 Å². The molecule has 15 heavy (non-hydrogen) atoms. The van der Waals surface area contributed by atoms with Crippen molar-refractivity contribution in [2.45, 2.75) is 13.8 Å². The van der Waals surface area contributed by atoms with Crippen LogP contribution in [0.15, 0.2) is 27.0 Å². The number of fused-ring (bicyclic) bond motifs is 2. The van der Waals surface area contributed by atoms with E-state index in [4.69, 9.17) is 8.83 Å². The molecule has 2 aromatic heterocycles. The zero-order chi connectivity index (χ0) is 10.6. The van der Waals surface area contributed by atoms with E-state index in [-0.39, 0.29) is 5.75 Å². The molecule has 0 saturated carbocycles. The van der Waals surface area contributed by atoms with Crippen LogP contribution >= 0.6 is 0 Å². The lowest BCUT2D eigenvalue weighted by molar-refractivity contribution is 0.466. The minimum atomic E-state index is 0.160. The minimum absolute atomic E-state index is 0.160. The maximum Gasteiger partial charge on any atom is 0.176 e. The molecular formula is C12H10O3. The fraction of sp³-hybridized carbons (Fsp3) is 0.167. The molecule has 3 heteroatoms. The van der Waals surface area contributed by atoms with Gasteiger partial charge in [-0.25, -0.2) is 0 Å². The van der Waals surface area contributed by atoms with Crippen LogP contribution in [0.5, 0.6) is 5.75 Å². The number of rotatable bonds is 0. The Morgan fingerprint density at radius 1 is 1.00 bits per heavy atom. The van der Waals surface area contributed by atoms with E-state index in [1.807, 2.05) is 32.0 Å². The molecule has 76 valence electrons. The Bertz CT molecular complexity index is 603. The third-order valence-electron chi connectivity index (χ3n) is 2.52. The summed E-state index contributed by atoms with van der Waals surface area (Å²) in [5.74, 6) is 1.72. The van der Waals surface area contributed by atoms with Crippen LogP contribution in [0.3, 0.4) is 0 Å². The second-order valence-electron chi connectivity index (χ2n) is 3.77. The van der Waals surface area contributed by atoms with Gasteiger partial charge in [-0.1, -0.05) is 0 Å². The molecule has 0 spiro atoms. The predicted molar refractivity (Wildman–Crippen MR) is 57.1 cm³/mol. The minimum Gasteiger partial charge on any atom is -0.504 e. The van der Waals surface area contributed by atoms with Crippen LogP contribution in [0.4, 0.5) is 0 Å². The van der Waals surface area contributed by atoms with Crippen molar-refractivity contribution in [3.8, 4) is 5.75 Å². The lowest BCUT2D eigenvalue weighted by Crippen LogP contribution is -1.69. The fourth-order valence-corrected chi connectivity index (χ4v) is 1.91. The number of aromatic hydroxyl groups is 1. The Hall–Kier alpha value is -1.90. The summed E-state index contributed by atoms with van der Waals surface area (Å²) in [6.45, 7) is 3.71. The number of furan rings is 2. The highest BCUT2D eigenvalue weighted by molar-refractivity contribution is 6.00. The van der Waals surface area contributed by atoms with E-state index in [2.05, 4.69) is 0 Å². The normalized spacial score (nSPS) is 11.6. The van der Waals surface area contributed by atoms with Gasteiger partial charge < -0.3 is 13.9 Å². The number of benzene rings is 1. The summed E-state index contributed by atoms with van der Waals surface area (Å²) in [5, 5.41) is 11.6. The van der Waals surface area contributed by atoms with Gasteiger partial charge in [-0.3, -0.25) is 0 Å². The van der Waals surface area contributed by atoms with E-state index in [1.165, 1.54) is 0 Å². The smallest absolute Gasteiger partial charge is 0.176 e. The standard InChI is InChI=1S/C12H10O3/c1-6-3-8-5-10-9(4-7(2)14-10)11(13)12(8)15-6/h3-5,13H,1-2H3. The highest BCUT2D eigenvalue weighted by Gasteiger charge is 2.13. The van der Waals surface area contributed by atoms with Crippen molar-refractivity contribution < 1.29 is 13.9 Å². The molecule has 3 nitrogen and oxygen atoms in total. The van der Waals surface area contributed by atoms with Gasteiger partial charge >= 0.3 is 0 Å². The number of phenolic OH excluding ortho intramolecular Hbond substituents is 1. The molecule has 0 fully saturated rings. The van der Waals surface area contributed by atoms with E-state index in [9.17, 15) is 5.11 Å². The van der Waals surface area contributed by atoms with E-state index in [0.29, 0.717) is 16.6 Å². The SMILES string of the molecule is Cc1cc2c(O)c3oc(C)cc3cc2o1. The van der Waals surface area contributed by atoms with Crippen molar-refractivity contribution in [2.75, 3.05) is 0 Å². The van der Waals surface area contributed by atoms with Gasteiger partial charge in [0.1, 0.15) is 17.1 Å². The summed E-state index contributed by atoms with van der Waals surface area (Å²) >= 11 is 0. The highest BCUT2D eigenvalue weighted by atomic mass is 16.4. The average Bonchev–Trinajstić information content (AvgIpc) is 2.69. The Kier molecular flexibility index (Phi) is 1.44. The molecule has 0 atom stereocenters. The highest BCUT2D eigenvalue weighted by Crippen LogP contribution is 2.36. The average molecular weight is 202 g/mol. The van der Waals surface area contributed by atoms with Gasteiger partial charge in [0.2, 0.25) is 0 Å². The molecule has 0 radical (unpaired) electrons. The van der Waals surface area contributed by atoms with Gasteiger partial charge in [0.15, 0.2) is 11.3 Å². The molecule has 0 aliphatic heterocycles. The van der Waals surface area contributed by atoms with Crippen LogP contribution in [-0.2, 0) is 0 Å². The first-order valence-electron chi connectivity index (χ1n) is 4.77. The molecule has 0 bridgehead atoms. The molecule has 3 rings (SSSR count). The van der Waals surface area contributed by atoms with Crippen LogP contribution in [0.25, 0.3) is 21.9 Å². The summed E-state index contributed by atoms with van der Waals surface area (Å²) in [4.78, 5) is 0.